The molecule has 0 aliphatic heterocycles. The highest BCUT2D eigenvalue weighted by molar-refractivity contribution is 9.10. The van der Waals surface area contributed by atoms with Gasteiger partial charge in [-0.1, -0.05) is 19.1 Å². The molecule has 6 heteroatoms. The Morgan fingerprint density at radius 1 is 1.14 bits per heavy atom. The number of nitrogens with zero attached hydrogens (tertiary/aromatic N) is 2. The SMILES string of the molecule is CCc1sc(=NC(=O)c2ccc(OC)c(Br)c2)n(CC)c1-c1ccc(C)c(C)c1. The second-order valence-electron chi connectivity index (χ2n) is 6.82. The van der Waals surface area contributed by atoms with Gasteiger partial charge in [-0.25, -0.2) is 0 Å². The van der Waals surface area contributed by atoms with Crippen molar-refractivity contribution in [3.05, 3.63) is 67.2 Å². The first-order chi connectivity index (χ1) is 13.9. The Balaban J connectivity index is 2.12. The average molecular weight is 473 g/mol. The second kappa shape index (κ2) is 9.09. The van der Waals surface area contributed by atoms with Crippen LogP contribution in [-0.2, 0) is 13.0 Å². The number of aryl methyl sites for hydroxylation is 3. The molecule has 152 valence electrons. The van der Waals surface area contributed by atoms with Crippen molar-refractivity contribution in [3.8, 4) is 17.0 Å². The molecule has 0 unspecified atom stereocenters. The van der Waals surface area contributed by atoms with Crippen LogP contribution in [0.15, 0.2) is 45.9 Å². The number of hydrogen-bond acceptors (Lipinski definition) is 3. The van der Waals surface area contributed by atoms with E-state index in [0.29, 0.717) is 11.3 Å². The lowest BCUT2D eigenvalue weighted by Crippen LogP contribution is -2.17. The minimum atomic E-state index is -0.258. The van der Waals surface area contributed by atoms with E-state index in [0.717, 1.165) is 27.9 Å². The maximum atomic E-state index is 12.8. The maximum absolute atomic E-state index is 12.8. The largest absolute Gasteiger partial charge is 0.496 e. The Morgan fingerprint density at radius 2 is 1.90 bits per heavy atom. The number of carbonyl (C=O) groups excluding carboxylic acids is 1. The van der Waals surface area contributed by atoms with Gasteiger partial charge in [0.2, 0.25) is 0 Å². The molecule has 0 aliphatic carbocycles. The molecule has 1 heterocycles. The van der Waals surface area contributed by atoms with Gasteiger partial charge in [-0.05, 0) is 84.1 Å². The summed E-state index contributed by atoms with van der Waals surface area (Å²) in [6.45, 7) is 9.22. The van der Waals surface area contributed by atoms with E-state index in [-0.39, 0.29) is 5.91 Å². The molecule has 2 aromatic carbocycles. The van der Waals surface area contributed by atoms with Gasteiger partial charge in [0.25, 0.3) is 5.91 Å². The van der Waals surface area contributed by atoms with Crippen LogP contribution in [0.3, 0.4) is 0 Å². The van der Waals surface area contributed by atoms with Gasteiger partial charge < -0.3 is 9.30 Å². The molecule has 0 atom stereocenters. The number of benzene rings is 2. The van der Waals surface area contributed by atoms with Gasteiger partial charge in [-0.15, -0.1) is 11.3 Å². The number of ether oxygens (including phenoxy) is 1. The highest BCUT2D eigenvalue weighted by Gasteiger charge is 2.16. The first-order valence-corrected chi connectivity index (χ1v) is 11.2. The molecule has 0 aliphatic rings. The van der Waals surface area contributed by atoms with Crippen LogP contribution in [0, 0.1) is 13.8 Å². The topological polar surface area (TPSA) is 43.6 Å². The van der Waals surface area contributed by atoms with E-state index in [2.05, 4.69) is 71.4 Å². The number of halogens is 1. The van der Waals surface area contributed by atoms with Gasteiger partial charge in [0, 0.05) is 17.0 Å². The molecule has 3 aromatic rings. The standard InChI is InChI=1S/C23H25BrN2O2S/c1-6-20-21(16-9-8-14(3)15(4)12-16)26(7-2)23(29-20)25-22(27)17-10-11-19(28-5)18(24)13-17/h8-13H,6-7H2,1-5H3. The van der Waals surface area contributed by atoms with E-state index in [9.17, 15) is 4.79 Å². The minimum absolute atomic E-state index is 0.258. The molecule has 0 bridgehead atoms. The van der Waals surface area contributed by atoms with E-state index < -0.39 is 0 Å². The Bertz CT molecular complexity index is 1130. The van der Waals surface area contributed by atoms with Crippen LogP contribution in [-0.4, -0.2) is 17.6 Å². The zero-order valence-corrected chi connectivity index (χ0v) is 19.8. The fourth-order valence-electron chi connectivity index (χ4n) is 3.23. The molecule has 1 amide bonds. The summed E-state index contributed by atoms with van der Waals surface area (Å²) in [4.78, 5) is 19.3. The van der Waals surface area contributed by atoms with E-state index in [1.165, 1.54) is 21.6 Å². The third-order valence-electron chi connectivity index (χ3n) is 4.99. The molecule has 0 N–H and O–H groups in total. The Morgan fingerprint density at radius 3 is 2.48 bits per heavy atom. The molecular formula is C23H25BrN2O2S. The van der Waals surface area contributed by atoms with Crippen molar-refractivity contribution in [2.75, 3.05) is 7.11 Å². The fraction of sp³-hybridized carbons (Fsp3) is 0.304. The molecule has 29 heavy (non-hydrogen) atoms. The quantitative estimate of drug-likeness (QED) is 0.461. The van der Waals surface area contributed by atoms with Crippen molar-refractivity contribution in [3.63, 3.8) is 0 Å². The van der Waals surface area contributed by atoms with Gasteiger partial charge in [-0.2, -0.15) is 4.99 Å². The molecule has 4 nitrogen and oxygen atoms in total. The molecule has 0 spiro atoms. The van der Waals surface area contributed by atoms with Crippen LogP contribution in [0.5, 0.6) is 5.75 Å². The number of methoxy groups -OCH3 is 1. The fourth-order valence-corrected chi connectivity index (χ4v) is 4.92. The molecule has 1 aromatic heterocycles. The maximum Gasteiger partial charge on any atom is 0.279 e. The Hall–Kier alpha value is -2.18. The van der Waals surface area contributed by atoms with Crippen molar-refractivity contribution in [2.45, 2.75) is 40.7 Å². The average Bonchev–Trinajstić information content (AvgIpc) is 3.07. The second-order valence-corrected chi connectivity index (χ2v) is 8.74. The minimum Gasteiger partial charge on any atom is -0.496 e. The Kier molecular flexibility index (Phi) is 6.75. The first kappa shape index (κ1) is 21.5. The highest BCUT2D eigenvalue weighted by Crippen LogP contribution is 2.29. The third-order valence-corrected chi connectivity index (χ3v) is 6.84. The smallest absolute Gasteiger partial charge is 0.279 e. The molecule has 3 rings (SSSR count). The van der Waals surface area contributed by atoms with E-state index >= 15 is 0 Å². The number of thiazole rings is 1. The molecule has 0 radical (unpaired) electrons. The van der Waals surface area contributed by atoms with Gasteiger partial charge in [0.1, 0.15) is 5.75 Å². The number of hydrogen-bond donors (Lipinski definition) is 0. The van der Waals surface area contributed by atoms with E-state index in [1.807, 2.05) is 0 Å². The lowest BCUT2D eigenvalue weighted by atomic mass is 10.0. The summed E-state index contributed by atoms with van der Waals surface area (Å²) < 4.78 is 8.12. The van der Waals surface area contributed by atoms with Crippen molar-refractivity contribution < 1.29 is 9.53 Å². The summed E-state index contributed by atoms with van der Waals surface area (Å²) in [5.41, 5.74) is 5.39. The zero-order chi connectivity index (χ0) is 21.1. The molecular weight excluding hydrogens is 448 g/mol. The summed E-state index contributed by atoms with van der Waals surface area (Å²) in [5.74, 6) is 0.428. The zero-order valence-electron chi connectivity index (χ0n) is 17.4. The van der Waals surface area contributed by atoms with Crippen LogP contribution < -0.4 is 9.54 Å². The third kappa shape index (κ3) is 4.38. The summed E-state index contributed by atoms with van der Waals surface area (Å²) >= 11 is 5.03. The first-order valence-electron chi connectivity index (χ1n) is 9.62. The molecule has 0 saturated heterocycles. The lowest BCUT2D eigenvalue weighted by Gasteiger charge is -2.10. The predicted octanol–water partition coefficient (Wildman–Crippen LogP) is 5.93. The highest BCUT2D eigenvalue weighted by atomic mass is 79.9. The molecule has 0 fully saturated rings. The monoisotopic (exact) mass is 472 g/mol. The van der Waals surface area contributed by atoms with Crippen LogP contribution in [0.2, 0.25) is 0 Å². The summed E-state index contributed by atoms with van der Waals surface area (Å²) in [6.07, 6.45) is 0.894. The number of amides is 1. The summed E-state index contributed by atoms with van der Waals surface area (Å²) in [5, 5.41) is 0. The normalized spacial score (nSPS) is 11.7. The van der Waals surface area contributed by atoms with Crippen molar-refractivity contribution in [1.29, 1.82) is 0 Å². The van der Waals surface area contributed by atoms with Gasteiger partial charge in [-0.3, -0.25) is 4.79 Å². The van der Waals surface area contributed by atoms with Crippen LogP contribution in [0.1, 0.15) is 40.2 Å². The number of carbonyl (C=O) groups is 1. The lowest BCUT2D eigenvalue weighted by molar-refractivity contribution is 0.0997. The Labute approximate surface area is 184 Å². The van der Waals surface area contributed by atoms with Crippen LogP contribution >= 0.6 is 27.3 Å². The van der Waals surface area contributed by atoms with Crippen molar-refractivity contribution >= 4 is 33.2 Å². The summed E-state index contributed by atoms with van der Waals surface area (Å²) in [7, 11) is 1.60. The van der Waals surface area contributed by atoms with Crippen LogP contribution in [0.4, 0.5) is 0 Å². The number of rotatable bonds is 5. The van der Waals surface area contributed by atoms with E-state index in [4.69, 9.17) is 4.74 Å². The van der Waals surface area contributed by atoms with Crippen molar-refractivity contribution in [2.24, 2.45) is 4.99 Å². The van der Waals surface area contributed by atoms with Gasteiger partial charge >= 0.3 is 0 Å². The predicted molar refractivity (Wildman–Crippen MR) is 123 cm³/mol. The van der Waals surface area contributed by atoms with Gasteiger partial charge in [0.05, 0.1) is 17.3 Å². The van der Waals surface area contributed by atoms with Crippen molar-refractivity contribution in [1.82, 2.24) is 4.57 Å². The number of aromatic nitrogens is 1. The van der Waals surface area contributed by atoms with Crippen LogP contribution in [0.25, 0.3) is 11.3 Å². The molecule has 0 saturated carbocycles. The summed E-state index contributed by atoms with van der Waals surface area (Å²) in [6, 6.07) is 11.8. The van der Waals surface area contributed by atoms with E-state index in [1.54, 1.807) is 36.6 Å². The van der Waals surface area contributed by atoms with Gasteiger partial charge in [0.15, 0.2) is 4.80 Å².